The normalized spacial score (nSPS) is 34.9. The van der Waals surface area contributed by atoms with Crippen molar-refractivity contribution in [2.45, 2.75) is 19.9 Å². The fourth-order valence-electron chi connectivity index (χ4n) is 3.49. The van der Waals surface area contributed by atoms with Gasteiger partial charge in [-0.1, -0.05) is 0 Å². The first-order valence-electron chi connectivity index (χ1n) is 7.20. The van der Waals surface area contributed by atoms with E-state index in [9.17, 15) is 4.79 Å². The molecule has 3 aliphatic rings. The lowest BCUT2D eigenvalue weighted by atomic mass is 10.0. The fourth-order valence-corrected chi connectivity index (χ4v) is 3.49. The zero-order chi connectivity index (χ0) is 13.2. The van der Waals surface area contributed by atoms with Gasteiger partial charge >= 0.3 is 0 Å². The number of carbonyl (C=O) groups excluding carboxylic acids is 1. The maximum atomic E-state index is 11.9. The Labute approximate surface area is 110 Å². The number of carbonyl (C=O) groups is 1. The molecule has 2 bridgehead atoms. The lowest BCUT2D eigenvalue weighted by Gasteiger charge is -2.57. The maximum Gasteiger partial charge on any atom is 0.275 e. The summed E-state index contributed by atoms with van der Waals surface area (Å²) < 4.78 is 2.27. The summed E-state index contributed by atoms with van der Waals surface area (Å²) in [6.45, 7) is 13.6. The van der Waals surface area contributed by atoms with E-state index >= 15 is 0 Å². The first-order valence-corrected chi connectivity index (χ1v) is 7.20. The first-order chi connectivity index (χ1) is 8.52. The summed E-state index contributed by atoms with van der Waals surface area (Å²) >= 11 is 0. The number of hydrogen-bond acceptors (Lipinski definition) is 2. The van der Waals surface area contributed by atoms with Crippen LogP contribution < -0.4 is 11.1 Å². The second-order valence-corrected chi connectivity index (χ2v) is 6.29. The van der Waals surface area contributed by atoms with E-state index in [1.165, 1.54) is 24.1 Å². The molecule has 5 nitrogen and oxygen atoms in total. The van der Waals surface area contributed by atoms with Crippen molar-refractivity contribution < 1.29 is 13.8 Å². The largest absolute Gasteiger partial charge is 0.350 e. The minimum absolute atomic E-state index is 0.173. The standard InChI is InChI=1S/C13H27N4O/c1-12(2)17-8-5-16(6-9-17,7-10-17)11-13(18)15-4-3-14/h12H,3-11,14H2,1-2H3/q+1/p+1. The van der Waals surface area contributed by atoms with Crippen LogP contribution in [0.15, 0.2) is 0 Å². The highest BCUT2D eigenvalue weighted by atomic mass is 16.2. The van der Waals surface area contributed by atoms with Gasteiger partial charge in [0.2, 0.25) is 0 Å². The van der Waals surface area contributed by atoms with Crippen molar-refractivity contribution in [3.05, 3.63) is 0 Å². The van der Waals surface area contributed by atoms with Gasteiger partial charge in [0.25, 0.3) is 5.91 Å². The van der Waals surface area contributed by atoms with Crippen LogP contribution in [-0.2, 0) is 4.79 Å². The predicted molar refractivity (Wildman–Crippen MR) is 71.8 cm³/mol. The summed E-state index contributed by atoms with van der Waals surface area (Å²) in [4.78, 5) is 11.9. The number of amides is 1. The minimum atomic E-state index is 0.173. The molecular weight excluding hydrogens is 228 g/mol. The Morgan fingerprint density at radius 2 is 1.72 bits per heavy atom. The highest BCUT2D eigenvalue weighted by molar-refractivity contribution is 5.77. The van der Waals surface area contributed by atoms with Crippen LogP contribution >= 0.6 is 0 Å². The summed E-state index contributed by atoms with van der Waals surface area (Å²) in [5, 5.41) is 2.90. The van der Waals surface area contributed by atoms with E-state index in [-0.39, 0.29) is 5.91 Å². The number of piperazine rings is 3. The molecule has 0 atom stereocenters. The van der Waals surface area contributed by atoms with E-state index in [1.54, 1.807) is 0 Å². The number of quaternary nitrogens is 2. The van der Waals surface area contributed by atoms with Gasteiger partial charge in [0, 0.05) is 13.1 Å². The molecule has 3 heterocycles. The molecule has 0 unspecified atom stereocenters. The lowest BCUT2D eigenvalue weighted by molar-refractivity contribution is -1.09. The summed E-state index contributed by atoms with van der Waals surface area (Å²) in [7, 11) is 0. The predicted octanol–water partition coefficient (Wildman–Crippen LogP) is -0.869. The van der Waals surface area contributed by atoms with Gasteiger partial charge in [0.1, 0.15) is 39.3 Å². The highest BCUT2D eigenvalue weighted by Gasteiger charge is 2.50. The quantitative estimate of drug-likeness (QED) is 0.628. The van der Waals surface area contributed by atoms with Gasteiger partial charge in [-0.05, 0) is 13.8 Å². The molecule has 5 heteroatoms. The molecule has 0 aromatic carbocycles. The van der Waals surface area contributed by atoms with E-state index in [2.05, 4.69) is 19.2 Å². The van der Waals surface area contributed by atoms with Gasteiger partial charge in [0.05, 0.1) is 6.04 Å². The zero-order valence-electron chi connectivity index (χ0n) is 11.8. The first kappa shape index (κ1) is 13.8. The van der Waals surface area contributed by atoms with Crippen molar-refractivity contribution in [1.82, 2.24) is 5.32 Å². The number of rotatable bonds is 5. The van der Waals surface area contributed by atoms with Gasteiger partial charge in [-0.15, -0.1) is 0 Å². The summed E-state index contributed by atoms with van der Waals surface area (Å²) in [5.41, 5.74) is 5.41. The smallest absolute Gasteiger partial charge is 0.275 e. The molecule has 0 aliphatic carbocycles. The van der Waals surface area contributed by atoms with Crippen molar-refractivity contribution in [1.29, 1.82) is 0 Å². The van der Waals surface area contributed by atoms with Crippen LogP contribution in [0.25, 0.3) is 0 Å². The summed E-state index contributed by atoms with van der Waals surface area (Å²) in [6, 6.07) is 0.721. The minimum Gasteiger partial charge on any atom is -0.350 e. The van der Waals surface area contributed by atoms with Crippen LogP contribution in [0.1, 0.15) is 13.8 Å². The molecule has 0 radical (unpaired) electrons. The Morgan fingerprint density at radius 3 is 2.17 bits per heavy atom. The average Bonchev–Trinajstić information content (AvgIpc) is 2.38. The molecule has 18 heavy (non-hydrogen) atoms. The topological polar surface area (TPSA) is 55.1 Å². The second kappa shape index (κ2) is 5.15. The molecule has 0 aromatic rings. The number of nitrogens with one attached hydrogen (secondary N) is 1. The zero-order valence-corrected chi connectivity index (χ0v) is 11.8. The van der Waals surface area contributed by atoms with E-state index in [4.69, 9.17) is 5.73 Å². The SMILES string of the molecule is CC(C)[N+]12CC[N+](CC(=O)NCCN)(CC1)CC2. The number of nitrogens with zero attached hydrogens (tertiary/aromatic N) is 2. The molecule has 104 valence electrons. The lowest BCUT2D eigenvalue weighted by Crippen LogP contribution is -2.77. The van der Waals surface area contributed by atoms with E-state index in [0.717, 1.165) is 30.2 Å². The number of nitrogens with two attached hydrogens (primary N) is 1. The van der Waals surface area contributed by atoms with Crippen molar-refractivity contribution in [2.75, 3.05) is 58.9 Å². The monoisotopic (exact) mass is 256 g/mol. The van der Waals surface area contributed by atoms with Crippen molar-refractivity contribution in [2.24, 2.45) is 5.73 Å². The van der Waals surface area contributed by atoms with Gasteiger partial charge in [-0.2, -0.15) is 0 Å². The summed E-state index contributed by atoms with van der Waals surface area (Å²) in [5.74, 6) is 0.173. The van der Waals surface area contributed by atoms with Gasteiger partial charge < -0.3 is 20.0 Å². The molecule has 0 spiro atoms. The van der Waals surface area contributed by atoms with Crippen LogP contribution in [0.4, 0.5) is 0 Å². The third-order valence-corrected chi connectivity index (χ3v) is 5.10. The average molecular weight is 256 g/mol. The van der Waals surface area contributed by atoms with Gasteiger partial charge in [-0.25, -0.2) is 0 Å². The van der Waals surface area contributed by atoms with Crippen LogP contribution in [0.5, 0.6) is 0 Å². The van der Waals surface area contributed by atoms with E-state index in [1.807, 2.05) is 0 Å². The molecular formula is C13H28N4O+2. The van der Waals surface area contributed by atoms with Crippen LogP contribution in [-0.4, -0.2) is 79.8 Å². The number of fused-ring (bicyclic) bond motifs is 3. The van der Waals surface area contributed by atoms with Crippen LogP contribution in [0.2, 0.25) is 0 Å². The van der Waals surface area contributed by atoms with E-state index in [0.29, 0.717) is 19.6 Å². The molecule has 0 aromatic heterocycles. The Kier molecular flexibility index (Phi) is 3.94. The molecule has 1 amide bonds. The van der Waals surface area contributed by atoms with Crippen molar-refractivity contribution in [3.8, 4) is 0 Å². The van der Waals surface area contributed by atoms with Crippen molar-refractivity contribution in [3.63, 3.8) is 0 Å². The Morgan fingerprint density at radius 1 is 1.17 bits per heavy atom. The van der Waals surface area contributed by atoms with Crippen LogP contribution in [0.3, 0.4) is 0 Å². The Hall–Kier alpha value is -0.650. The van der Waals surface area contributed by atoms with Gasteiger partial charge in [-0.3, -0.25) is 4.79 Å². The molecule has 3 N–H and O–H groups in total. The number of hydrogen-bond donors (Lipinski definition) is 2. The van der Waals surface area contributed by atoms with Crippen LogP contribution in [0, 0.1) is 0 Å². The Balaban J connectivity index is 1.91. The molecule has 3 rings (SSSR count). The third-order valence-electron chi connectivity index (χ3n) is 5.10. The fraction of sp³-hybridized carbons (Fsp3) is 0.923. The molecule has 3 fully saturated rings. The van der Waals surface area contributed by atoms with Crippen molar-refractivity contribution >= 4 is 5.91 Å². The maximum absolute atomic E-state index is 11.9. The third kappa shape index (κ3) is 2.53. The van der Waals surface area contributed by atoms with Gasteiger partial charge in [0.15, 0.2) is 6.54 Å². The highest BCUT2D eigenvalue weighted by Crippen LogP contribution is 2.28. The second-order valence-electron chi connectivity index (χ2n) is 6.29. The van der Waals surface area contributed by atoms with E-state index < -0.39 is 0 Å². The molecule has 3 aliphatic heterocycles. The molecule has 0 saturated carbocycles. The summed E-state index contributed by atoms with van der Waals surface area (Å²) in [6.07, 6.45) is 0. The molecule has 3 saturated heterocycles. The Bertz CT molecular complexity index is 292.